The molecule has 38 heavy (non-hydrogen) atoms. The van der Waals surface area contributed by atoms with Crippen LogP contribution in [0.25, 0.3) is 0 Å². The molecule has 0 spiro atoms. The minimum atomic E-state index is -1.33. The van der Waals surface area contributed by atoms with Gasteiger partial charge in [0.05, 0.1) is 33.0 Å². The Hall–Kier alpha value is -2.85. The second-order valence-electron chi connectivity index (χ2n) is 8.90. The van der Waals surface area contributed by atoms with Gasteiger partial charge in [-0.3, -0.25) is 10.1 Å². The van der Waals surface area contributed by atoms with Crippen LogP contribution >= 0.6 is 11.6 Å². The van der Waals surface area contributed by atoms with Crippen LogP contribution in [0, 0.1) is 10.1 Å². The van der Waals surface area contributed by atoms with Gasteiger partial charge in [-0.25, -0.2) is 0 Å². The van der Waals surface area contributed by atoms with E-state index in [9.17, 15) is 10.1 Å². The van der Waals surface area contributed by atoms with Gasteiger partial charge in [-0.1, -0.05) is 91.0 Å². The molecule has 0 amide bonds. The molecule has 0 saturated carbocycles. The number of nitro groups is 1. The second-order valence-corrected chi connectivity index (χ2v) is 9.28. The molecule has 0 N–H and O–H groups in total. The van der Waals surface area contributed by atoms with Gasteiger partial charge in [0.2, 0.25) is 6.29 Å². The van der Waals surface area contributed by atoms with Gasteiger partial charge in [0.1, 0.15) is 12.2 Å². The van der Waals surface area contributed by atoms with Crippen LogP contribution in [0.4, 0.5) is 0 Å². The first-order valence-corrected chi connectivity index (χ1v) is 13.1. The average Bonchev–Trinajstić information content (AvgIpc) is 2.95. The summed E-state index contributed by atoms with van der Waals surface area (Å²) in [5, 5.41) is 12.3. The molecule has 9 heteroatoms. The summed E-state index contributed by atoms with van der Waals surface area (Å²) in [6.45, 7) is 0.973. The van der Waals surface area contributed by atoms with Gasteiger partial charge in [0.15, 0.2) is 6.10 Å². The molecule has 3 aromatic rings. The van der Waals surface area contributed by atoms with Crippen molar-refractivity contribution in [2.24, 2.45) is 0 Å². The van der Waals surface area contributed by atoms with Crippen LogP contribution in [0.3, 0.4) is 0 Å². The van der Waals surface area contributed by atoms with Crippen LogP contribution in [0.5, 0.6) is 0 Å². The standard InChI is InChI=1S/C29H32ClNO7/c30-16-17-35-29-26(31(32)33)28(37-20-24-14-8-3-9-15-24)27(36-19-23-12-6-2-7-13-23)25(38-29)21-34-18-22-10-4-1-5-11-22/h1-15,25-29H,16-21H2/t25-,26-,27+,28-,29?/m1/s1. The predicted octanol–water partition coefficient (Wildman–Crippen LogP) is 5.00. The van der Waals surface area contributed by atoms with Crippen molar-refractivity contribution in [1.82, 2.24) is 0 Å². The van der Waals surface area contributed by atoms with E-state index in [4.69, 9.17) is 35.3 Å². The minimum Gasteiger partial charge on any atom is -0.374 e. The third-order valence-electron chi connectivity index (χ3n) is 6.18. The lowest BCUT2D eigenvalue weighted by Gasteiger charge is -2.42. The number of rotatable bonds is 14. The number of hydrogen-bond donors (Lipinski definition) is 0. The first-order chi connectivity index (χ1) is 18.7. The highest BCUT2D eigenvalue weighted by Gasteiger charge is 2.54. The van der Waals surface area contributed by atoms with Crippen molar-refractivity contribution in [3.8, 4) is 0 Å². The van der Waals surface area contributed by atoms with E-state index in [2.05, 4.69) is 0 Å². The number of halogens is 1. The van der Waals surface area contributed by atoms with Crippen molar-refractivity contribution in [1.29, 1.82) is 0 Å². The third kappa shape index (κ3) is 8.07. The van der Waals surface area contributed by atoms with Crippen molar-refractivity contribution >= 4 is 11.6 Å². The van der Waals surface area contributed by atoms with Gasteiger partial charge in [0, 0.05) is 10.8 Å². The van der Waals surface area contributed by atoms with E-state index in [1.165, 1.54) is 0 Å². The Balaban J connectivity index is 1.58. The molecule has 0 bridgehead atoms. The largest absolute Gasteiger partial charge is 0.374 e. The molecule has 3 aromatic carbocycles. The number of nitrogens with zero attached hydrogens (tertiary/aromatic N) is 1. The van der Waals surface area contributed by atoms with E-state index < -0.39 is 35.6 Å². The Kier molecular flexibility index (Phi) is 11.1. The molecule has 1 aliphatic rings. The lowest BCUT2D eigenvalue weighted by atomic mass is 9.96. The lowest BCUT2D eigenvalue weighted by Crippen LogP contribution is -2.63. The van der Waals surface area contributed by atoms with E-state index in [0.717, 1.165) is 16.7 Å². The Morgan fingerprint density at radius 3 is 1.74 bits per heavy atom. The zero-order valence-corrected chi connectivity index (χ0v) is 21.7. The molecule has 0 aromatic heterocycles. The monoisotopic (exact) mass is 541 g/mol. The van der Waals surface area contributed by atoms with Gasteiger partial charge in [-0.05, 0) is 16.7 Å². The van der Waals surface area contributed by atoms with Crippen molar-refractivity contribution in [2.75, 3.05) is 19.1 Å². The van der Waals surface area contributed by atoms with E-state index in [-0.39, 0.29) is 32.3 Å². The Labute approximate surface area is 227 Å². The van der Waals surface area contributed by atoms with Crippen LogP contribution < -0.4 is 0 Å². The SMILES string of the molecule is O=[N+]([O-])[C@H]1C(OCCCl)O[C@H](COCc2ccccc2)[C@H](OCc2ccccc2)[C@@H]1OCc1ccccc1. The van der Waals surface area contributed by atoms with Crippen LogP contribution in [-0.4, -0.2) is 54.7 Å². The highest BCUT2D eigenvalue weighted by Crippen LogP contribution is 2.30. The summed E-state index contributed by atoms with van der Waals surface area (Å²) in [6.07, 6.45) is -3.61. The first kappa shape index (κ1) is 28.2. The summed E-state index contributed by atoms with van der Waals surface area (Å²) in [6, 6.07) is 27.5. The molecule has 0 aliphatic carbocycles. The molecule has 1 fully saturated rings. The number of ether oxygens (including phenoxy) is 5. The van der Waals surface area contributed by atoms with Crippen molar-refractivity contribution in [3.63, 3.8) is 0 Å². The highest BCUT2D eigenvalue weighted by atomic mass is 35.5. The molecule has 1 heterocycles. The summed E-state index contributed by atoms with van der Waals surface area (Å²) < 4.78 is 30.4. The van der Waals surface area contributed by atoms with Crippen molar-refractivity contribution in [3.05, 3.63) is 118 Å². The smallest absolute Gasteiger partial charge is 0.291 e. The van der Waals surface area contributed by atoms with E-state index in [0.29, 0.717) is 6.61 Å². The first-order valence-electron chi connectivity index (χ1n) is 12.5. The topological polar surface area (TPSA) is 89.3 Å². The van der Waals surface area contributed by atoms with Crippen molar-refractivity contribution < 1.29 is 28.6 Å². The summed E-state index contributed by atoms with van der Waals surface area (Å²) in [5.74, 6) is 0.170. The summed E-state index contributed by atoms with van der Waals surface area (Å²) in [5.41, 5.74) is 2.81. The average molecular weight is 542 g/mol. The van der Waals surface area contributed by atoms with Gasteiger partial charge in [-0.15, -0.1) is 11.6 Å². The Morgan fingerprint density at radius 2 is 1.24 bits per heavy atom. The molecule has 0 radical (unpaired) electrons. The van der Waals surface area contributed by atoms with Crippen molar-refractivity contribution in [2.45, 2.75) is 50.5 Å². The lowest BCUT2D eigenvalue weighted by molar-refractivity contribution is -0.576. The molecule has 4 rings (SSSR count). The quantitative estimate of drug-likeness (QED) is 0.161. The number of benzene rings is 3. The van der Waals surface area contributed by atoms with Crippen LogP contribution in [-0.2, 0) is 43.5 Å². The van der Waals surface area contributed by atoms with Crippen LogP contribution in [0.15, 0.2) is 91.0 Å². The molecule has 1 aliphatic heterocycles. The summed E-state index contributed by atoms with van der Waals surface area (Å²) in [4.78, 5) is 11.9. The number of alkyl halides is 1. The van der Waals surface area contributed by atoms with E-state index >= 15 is 0 Å². The molecule has 1 unspecified atom stereocenters. The fourth-order valence-corrected chi connectivity index (χ4v) is 4.43. The van der Waals surface area contributed by atoms with E-state index in [1.54, 1.807) is 0 Å². The molecular weight excluding hydrogens is 510 g/mol. The molecule has 5 atom stereocenters. The van der Waals surface area contributed by atoms with Gasteiger partial charge in [-0.2, -0.15) is 0 Å². The third-order valence-corrected chi connectivity index (χ3v) is 6.34. The minimum absolute atomic E-state index is 0.0924. The van der Waals surface area contributed by atoms with Crippen LogP contribution in [0.1, 0.15) is 16.7 Å². The Bertz CT molecular complexity index is 1090. The Morgan fingerprint density at radius 1 is 0.737 bits per heavy atom. The highest BCUT2D eigenvalue weighted by molar-refractivity contribution is 6.17. The van der Waals surface area contributed by atoms with Gasteiger partial charge >= 0.3 is 0 Å². The fraction of sp³-hybridized carbons (Fsp3) is 0.379. The predicted molar refractivity (Wildman–Crippen MR) is 142 cm³/mol. The summed E-state index contributed by atoms with van der Waals surface area (Å²) >= 11 is 5.83. The maximum atomic E-state index is 12.3. The van der Waals surface area contributed by atoms with Gasteiger partial charge < -0.3 is 23.7 Å². The maximum Gasteiger partial charge on any atom is 0.291 e. The second kappa shape index (κ2) is 14.9. The molecule has 8 nitrogen and oxygen atoms in total. The molecule has 1 saturated heterocycles. The van der Waals surface area contributed by atoms with Gasteiger partial charge in [0.25, 0.3) is 6.04 Å². The number of hydrogen-bond acceptors (Lipinski definition) is 7. The molecular formula is C29H32ClNO7. The summed E-state index contributed by atoms with van der Waals surface area (Å²) in [7, 11) is 0. The zero-order valence-electron chi connectivity index (χ0n) is 21.0. The normalized spacial score (nSPS) is 23.2. The maximum absolute atomic E-state index is 12.3. The van der Waals surface area contributed by atoms with E-state index in [1.807, 2.05) is 91.0 Å². The molecule has 202 valence electrons. The fourth-order valence-electron chi connectivity index (χ4n) is 4.34. The van der Waals surface area contributed by atoms with Crippen LogP contribution in [0.2, 0.25) is 0 Å². The zero-order chi connectivity index (χ0) is 26.6.